The molecule has 0 N–H and O–H groups in total. The summed E-state index contributed by atoms with van der Waals surface area (Å²) in [6.45, 7) is 6.95. The van der Waals surface area contributed by atoms with E-state index in [1.54, 1.807) is 36.4 Å². The van der Waals surface area contributed by atoms with Gasteiger partial charge in [0, 0.05) is 18.9 Å². The number of carbonyl (C=O) groups is 2. The van der Waals surface area contributed by atoms with Crippen molar-refractivity contribution in [3.63, 3.8) is 0 Å². The molecule has 0 amide bonds. The minimum Gasteiger partial charge on any atom is -0.494 e. The van der Waals surface area contributed by atoms with Crippen LogP contribution in [0.3, 0.4) is 0 Å². The number of esters is 2. The van der Waals surface area contributed by atoms with Crippen molar-refractivity contribution in [2.24, 2.45) is 0 Å². The Morgan fingerprint density at radius 3 is 2.22 bits per heavy atom. The molecule has 0 heterocycles. The Labute approximate surface area is 218 Å². The molecular formula is C30H34O7. The fourth-order valence-electron chi connectivity index (χ4n) is 3.44. The summed E-state index contributed by atoms with van der Waals surface area (Å²) in [6, 6.07) is 15.1. The van der Waals surface area contributed by atoms with Crippen LogP contribution in [0.15, 0.2) is 84.9 Å². The van der Waals surface area contributed by atoms with Crippen LogP contribution in [-0.4, -0.2) is 31.9 Å². The molecule has 0 bridgehead atoms. The molecular weight excluding hydrogens is 472 g/mol. The summed E-state index contributed by atoms with van der Waals surface area (Å²) in [7, 11) is 0. The highest BCUT2D eigenvalue weighted by Crippen LogP contribution is 2.22. The van der Waals surface area contributed by atoms with Crippen LogP contribution in [0.25, 0.3) is 0 Å². The van der Waals surface area contributed by atoms with Gasteiger partial charge >= 0.3 is 11.9 Å². The number of rotatable bonds is 15. The van der Waals surface area contributed by atoms with E-state index >= 15 is 0 Å². The highest BCUT2D eigenvalue weighted by atomic mass is 16.7. The fraction of sp³-hybridized carbons (Fsp3) is 0.333. The largest absolute Gasteiger partial charge is 0.494 e. The van der Waals surface area contributed by atoms with Gasteiger partial charge in [0.1, 0.15) is 11.5 Å². The van der Waals surface area contributed by atoms with Gasteiger partial charge in [-0.3, -0.25) is 0 Å². The van der Waals surface area contributed by atoms with Crippen LogP contribution in [0.2, 0.25) is 0 Å². The van der Waals surface area contributed by atoms with Crippen molar-refractivity contribution >= 4 is 11.9 Å². The lowest BCUT2D eigenvalue weighted by atomic mass is 10.1. The molecule has 2 aromatic rings. The zero-order valence-corrected chi connectivity index (χ0v) is 21.3. The zero-order chi connectivity index (χ0) is 26.3. The lowest BCUT2D eigenvalue weighted by molar-refractivity contribution is -0.137. The molecule has 37 heavy (non-hydrogen) atoms. The summed E-state index contributed by atoms with van der Waals surface area (Å²) in [6.07, 6.45) is 8.35. The molecule has 0 saturated carbocycles. The number of hydrogen-bond acceptors (Lipinski definition) is 7. The summed E-state index contributed by atoms with van der Waals surface area (Å²) < 4.78 is 27.4. The van der Waals surface area contributed by atoms with Crippen molar-refractivity contribution < 1.29 is 33.3 Å². The first-order valence-corrected chi connectivity index (χ1v) is 12.5. The molecule has 0 unspecified atom stereocenters. The summed E-state index contributed by atoms with van der Waals surface area (Å²) in [4.78, 5) is 23.5. The maximum Gasteiger partial charge on any atom is 0.343 e. The van der Waals surface area contributed by atoms with E-state index in [1.165, 1.54) is 5.56 Å². The molecule has 3 rings (SSSR count). The van der Waals surface area contributed by atoms with Crippen molar-refractivity contribution in [1.82, 2.24) is 0 Å². The van der Waals surface area contributed by atoms with E-state index in [9.17, 15) is 9.59 Å². The number of hydrogen-bond donors (Lipinski definition) is 0. The molecule has 0 spiro atoms. The Balaban J connectivity index is 1.33. The monoisotopic (exact) mass is 506 g/mol. The van der Waals surface area contributed by atoms with E-state index in [-0.39, 0.29) is 6.79 Å². The minimum absolute atomic E-state index is 0.168. The standard InChI is InChI=1S/C30H34O7/c1-3-23-7-9-24(10-8-23)21-33-22-36-27-15-17-28(18-16-27)37-30(32)25-11-13-26(14-12-25)34-19-5-6-20-35-29(31)4-2/h4,7-15,17H,2-3,5-6,16,18-22H2,1H3. The number of benzene rings is 2. The molecule has 0 fully saturated rings. The van der Waals surface area contributed by atoms with E-state index in [1.807, 2.05) is 0 Å². The Morgan fingerprint density at radius 2 is 1.54 bits per heavy atom. The number of allylic oxidation sites excluding steroid dienone is 4. The van der Waals surface area contributed by atoms with Crippen LogP contribution in [-0.2, 0) is 36.8 Å². The summed E-state index contributed by atoms with van der Waals surface area (Å²) in [5, 5.41) is 0. The molecule has 0 aromatic heterocycles. The third-order valence-corrected chi connectivity index (χ3v) is 5.63. The summed E-state index contributed by atoms with van der Waals surface area (Å²) in [5.74, 6) is 1.19. The molecule has 7 nitrogen and oxygen atoms in total. The number of carbonyl (C=O) groups excluding carboxylic acids is 2. The van der Waals surface area contributed by atoms with Crippen LogP contribution in [0.5, 0.6) is 5.75 Å². The van der Waals surface area contributed by atoms with E-state index in [0.717, 1.165) is 30.2 Å². The van der Waals surface area contributed by atoms with Crippen LogP contribution >= 0.6 is 0 Å². The van der Waals surface area contributed by atoms with Gasteiger partial charge in [-0.05, 0) is 66.8 Å². The van der Waals surface area contributed by atoms with Crippen molar-refractivity contribution in [2.45, 2.75) is 45.6 Å². The molecule has 0 atom stereocenters. The second-order valence-corrected chi connectivity index (χ2v) is 8.39. The lowest BCUT2D eigenvalue weighted by Gasteiger charge is -2.16. The Kier molecular flexibility index (Phi) is 11.5. The summed E-state index contributed by atoms with van der Waals surface area (Å²) in [5.41, 5.74) is 2.85. The van der Waals surface area contributed by atoms with E-state index < -0.39 is 11.9 Å². The van der Waals surface area contributed by atoms with Crippen molar-refractivity contribution in [1.29, 1.82) is 0 Å². The van der Waals surface area contributed by atoms with Crippen LogP contribution in [0, 0.1) is 0 Å². The van der Waals surface area contributed by atoms with Crippen LogP contribution in [0.4, 0.5) is 0 Å². The van der Waals surface area contributed by atoms with Crippen LogP contribution < -0.4 is 4.74 Å². The van der Waals surface area contributed by atoms with Gasteiger partial charge in [0.25, 0.3) is 0 Å². The first-order chi connectivity index (χ1) is 18.1. The second-order valence-electron chi connectivity index (χ2n) is 8.39. The highest BCUT2D eigenvalue weighted by Gasteiger charge is 2.14. The Morgan fingerprint density at radius 1 is 0.865 bits per heavy atom. The molecule has 0 radical (unpaired) electrons. The van der Waals surface area contributed by atoms with Gasteiger partial charge < -0.3 is 23.7 Å². The predicted octanol–water partition coefficient (Wildman–Crippen LogP) is 6.05. The highest BCUT2D eigenvalue weighted by molar-refractivity contribution is 5.90. The molecule has 7 heteroatoms. The van der Waals surface area contributed by atoms with E-state index in [2.05, 4.69) is 37.8 Å². The van der Waals surface area contributed by atoms with Crippen molar-refractivity contribution in [2.75, 3.05) is 20.0 Å². The quantitative estimate of drug-likeness (QED) is 0.126. The third kappa shape index (κ3) is 9.97. The Bertz CT molecular complexity index is 1080. The molecule has 0 aliphatic heterocycles. The molecule has 1 aliphatic carbocycles. The van der Waals surface area contributed by atoms with Gasteiger partial charge in [0.15, 0.2) is 6.79 Å². The zero-order valence-electron chi connectivity index (χ0n) is 21.3. The number of ether oxygens (including phenoxy) is 5. The smallest absolute Gasteiger partial charge is 0.343 e. The van der Waals surface area contributed by atoms with Gasteiger partial charge in [-0.1, -0.05) is 37.8 Å². The molecule has 0 saturated heterocycles. The first kappa shape index (κ1) is 27.7. The predicted molar refractivity (Wildman–Crippen MR) is 140 cm³/mol. The van der Waals surface area contributed by atoms with Crippen LogP contribution in [0.1, 0.15) is 54.1 Å². The molecule has 1 aliphatic rings. The third-order valence-electron chi connectivity index (χ3n) is 5.63. The maximum absolute atomic E-state index is 12.5. The SMILES string of the molecule is C=CC(=O)OCCCCOc1ccc(C(=O)OC2=CC=C(OCOCc3ccc(CC)cc3)CC2)cc1. The maximum atomic E-state index is 12.5. The van der Waals surface area contributed by atoms with Gasteiger partial charge in [-0.15, -0.1) is 0 Å². The van der Waals surface area contributed by atoms with Crippen molar-refractivity contribution in [3.05, 3.63) is 102 Å². The fourth-order valence-corrected chi connectivity index (χ4v) is 3.44. The topological polar surface area (TPSA) is 80.3 Å². The average Bonchev–Trinajstić information content (AvgIpc) is 2.94. The van der Waals surface area contributed by atoms with Gasteiger partial charge in [-0.2, -0.15) is 0 Å². The van der Waals surface area contributed by atoms with E-state index in [0.29, 0.717) is 56.2 Å². The first-order valence-electron chi connectivity index (χ1n) is 12.5. The van der Waals surface area contributed by atoms with E-state index in [4.69, 9.17) is 23.7 Å². The average molecular weight is 507 g/mol. The van der Waals surface area contributed by atoms with Gasteiger partial charge in [-0.25, -0.2) is 9.59 Å². The van der Waals surface area contributed by atoms with Gasteiger partial charge in [0.05, 0.1) is 31.1 Å². The molecule has 196 valence electrons. The summed E-state index contributed by atoms with van der Waals surface area (Å²) >= 11 is 0. The number of unbranched alkanes of at least 4 members (excludes halogenated alkanes) is 1. The second kappa shape index (κ2) is 15.3. The van der Waals surface area contributed by atoms with Gasteiger partial charge in [0.2, 0.25) is 0 Å². The Hall–Kier alpha value is -3.84. The number of aryl methyl sites for hydroxylation is 1. The van der Waals surface area contributed by atoms with Crippen molar-refractivity contribution in [3.8, 4) is 5.75 Å². The normalized spacial score (nSPS) is 12.7. The lowest BCUT2D eigenvalue weighted by Crippen LogP contribution is -2.08. The molecule has 2 aromatic carbocycles. The minimum atomic E-state index is -0.424.